The lowest BCUT2D eigenvalue weighted by Gasteiger charge is -2.17. The van der Waals surface area contributed by atoms with E-state index in [9.17, 15) is 9.59 Å². The highest BCUT2D eigenvalue weighted by Crippen LogP contribution is 2.30. The number of nitrogens with zero attached hydrogens (tertiary/aromatic N) is 3. The van der Waals surface area contributed by atoms with Crippen LogP contribution >= 0.6 is 0 Å². The van der Waals surface area contributed by atoms with Gasteiger partial charge in [0, 0.05) is 25.7 Å². The van der Waals surface area contributed by atoms with Gasteiger partial charge in [-0.2, -0.15) is 0 Å². The van der Waals surface area contributed by atoms with E-state index in [1.807, 2.05) is 4.90 Å². The lowest BCUT2D eigenvalue weighted by atomic mass is 9.95. The normalized spacial score (nSPS) is 18.9. The topological polar surface area (TPSA) is 55.0 Å². The molecule has 0 aromatic carbocycles. The second-order valence-corrected chi connectivity index (χ2v) is 4.53. The van der Waals surface area contributed by atoms with Gasteiger partial charge in [0.05, 0.1) is 5.70 Å². The molecule has 1 aromatic heterocycles. The molecule has 0 saturated carbocycles. The molecule has 2 aliphatic rings. The SMILES string of the molecule is CC1=C(N2CC2)C(=O)c2nc(C)n(C)c2C1=O. The molecule has 1 aliphatic heterocycles. The predicted molar refractivity (Wildman–Crippen MR) is 60.9 cm³/mol. The number of aromatic nitrogens is 2. The molecule has 1 aliphatic carbocycles. The van der Waals surface area contributed by atoms with E-state index in [-0.39, 0.29) is 11.6 Å². The minimum Gasteiger partial charge on any atom is -0.364 e. The summed E-state index contributed by atoms with van der Waals surface area (Å²) in [6.45, 7) is 5.23. The van der Waals surface area contributed by atoms with E-state index < -0.39 is 0 Å². The Labute approximate surface area is 98.7 Å². The van der Waals surface area contributed by atoms with Gasteiger partial charge in [-0.25, -0.2) is 4.98 Å². The number of hydrogen-bond donors (Lipinski definition) is 0. The van der Waals surface area contributed by atoms with E-state index in [1.165, 1.54) is 0 Å². The Morgan fingerprint density at radius 3 is 2.35 bits per heavy atom. The lowest BCUT2D eigenvalue weighted by Crippen LogP contribution is -2.26. The van der Waals surface area contributed by atoms with Crippen LogP contribution in [0.25, 0.3) is 0 Å². The quantitative estimate of drug-likeness (QED) is 0.667. The second-order valence-electron chi connectivity index (χ2n) is 4.53. The third kappa shape index (κ3) is 1.22. The van der Waals surface area contributed by atoms with E-state index >= 15 is 0 Å². The van der Waals surface area contributed by atoms with E-state index in [0.717, 1.165) is 13.1 Å². The Bertz CT molecular complexity index is 591. The summed E-state index contributed by atoms with van der Waals surface area (Å²) in [6.07, 6.45) is 0. The summed E-state index contributed by atoms with van der Waals surface area (Å²) in [5.74, 6) is 0.499. The zero-order valence-corrected chi connectivity index (χ0v) is 10.1. The number of allylic oxidation sites excluding steroid dienone is 2. The molecular formula is C12H13N3O2. The molecule has 1 fully saturated rings. The van der Waals surface area contributed by atoms with Crippen LogP contribution in [0.15, 0.2) is 11.3 Å². The van der Waals surface area contributed by atoms with E-state index in [4.69, 9.17) is 0 Å². The fourth-order valence-electron chi connectivity index (χ4n) is 2.25. The number of imidazole rings is 1. The van der Waals surface area contributed by atoms with Crippen LogP contribution < -0.4 is 0 Å². The molecule has 1 saturated heterocycles. The van der Waals surface area contributed by atoms with E-state index in [2.05, 4.69) is 4.98 Å². The second kappa shape index (κ2) is 3.06. The van der Waals surface area contributed by atoms with Gasteiger partial charge in [-0.3, -0.25) is 9.59 Å². The minimum absolute atomic E-state index is 0.0791. The first kappa shape index (κ1) is 10.3. The van der Waals surface area contributed by atoms with Crippen LogP contribution in [0, 0.1) is 6.92 Å². The fraction of sp³-hybridized carbons (Fsp3) is 0.417. The molecule has 2 heterocycles. The Morgan fingerprint density at radius 2 is 1.76 bits per heavy atom. The highest BCUT2D eigenvalue weighted by atomic mass is 16.1. The lowest BCUT2D eigenvalue weighted by molar-refractivity contribution is 0.0953. The van der Waals surface area contributed by atoms with Gasteiger partial charge in [0.2, 0.25) is 11.6 Å². The van der Waals surface area contributed by atoms with Crippen molar-refractivity contribution in [1.82, 2.24) is 14.5 Å². The Hall–Kier alpha value is -1.91. The number of aryl methyl sites for hydroxylation is 1. The third-order valence-corrected chi connectivity index (χ3v) is 3.42. The fourth-order valence-corrected chi connectivity index (χ4v) is 2.25. The maximum Gasteiger partial charge on any atom is 0.230 e. The summed E-state index contributed by atoms with van der Waals surface area (Å²) in [5.41, 5.74) is 1.82. The van der Waals surface area contributed by atoms with Crippen molar-refractivity contribution in [2.24, 2.45) is 7.05 Å². The molecule has 17 heavy (non-hydrogen) atoms. The van der Waals surface area contributed by atoms with Crippen LogP contribution in [0.4, 0.5) is 0 Å². The van der Waals surface area contributed by atoms with Gasteiger partial charge in [-0.15, -0.1) is 0 Å². The number of Topliss-reactive ketones (excluding diaryl/α,β-unsaturated/α-hetero) is 2. The van der Waals surface area contributed by atoms with Crippen LogP contribution in [-0.4, -0.2) is 39.1 Å². The van der Waals surface area contributed by atoms with Gasteiger partial charge in [-0.05, 0) is 13.8 Å². The Morgan fingerprint density at radius 1 is 1.12 bits per heavy atom. The Balaban J connectivity index is 2.24. The van der Waals surface area contributed by atoms with E-state index in [1.54, 1.807) is 25.5 Å². The number of fused-ring (bicyclic) bond motifs is 1. The highest BCUT2D eigenvalue weighted by Gasteiger charge is 2.39. The van der Waals surface area contributed by atoms with Gasteiger partial charge in [0.15, 0.2) is 0 Å². The smallest absolute Gasteiger partial charge is 0.230 e. The molecule has 1 aromatic rings. The average molecular weight is 231 g/mol. The summed E-state index contributed by atoms with van der Waals surface area (Å²) in [6, 6.07) is 0. The zero-order chi connectivity index (χ0) is 12.3. The van der Waals surface area contributed by atoms with Crippen molar-refractivity contribution in [3.05, 3.63) is 28.5 Å². The average Bonchev–Trinajstić information content (AvgIpc) is 3.05. The molecule has 5 nitrogen and oxygen atoms in total. The maximum absolute atomic E-state index is 12.3. The van der Waals surface area contributed by atoms with Crippen molar-refractivity contribution >= 4 is 11.6 Å². The monoisotopic (exact) mass is 231 g/mol. The summed E-state index contributed by atoms with van der Waals surface area (Å²) < 4.78 is 1.69. The first-order valence-electron chi connectivity index (χ1n) is 5.61. The first-order chi connectivity index (χ1) is 8.02. The molecular weight excluding hydrogens is 218 g/mol. The van der Waals surface area contributed by atoms with Gasteiger partial charge in [-0.1, -0.05) is 0 Å². The third-order valence-electron chi connectivity index (χ3n) is 3.42. The number of ketones is 2. The molecule has 0 atom stereocenters. The molecule has 0 N–H and O–H groups in total. The van der Waals surface area contributed by atoms with Crippen molar-refractivity contribution < 1.29 is 9.59 Å². The molecule has 88 valence electrons. The van der Waals surface area contributed by atoms with Gasteiger partial charge >= 0.3 is 0 Å². The zero-order valence-electron chi connectivity index (χ0n) is 10.1. The van der Waals surface area contributed by atoms with Crippen LogP contribution in [0.2, 0.25) is 0 Å². The van der Waals surface area contributed by atoms with Gasteiger partial charge < -0.3 is 9.47 Å². The standard InChI is InChI=1S/C12H13N3O2/c1-6-9(15-4-5-15)12(17)8-10(11(6)16)14(3)7(2)13-8/h4-5H2,1-3H3. The number of carbonyl (C=O) groups is 2. The predicted octanol–water partition coefficient (Wildman–Crippen LogP) is 0.697. The molecule has 5 heteroatoms. The number of rotatable bonds is 1. The molecule has 0 radical (unpaired) electrons. The summed E-state index contributed by atoms with van der Waals surface area (Å²) >= 11 is 0. The van der Waals surface area contributed by atoms with Crippen LogP contribution in [0.1, 0.15) is 33.7 Å². The van der Waals surface area contributed by atoms with Crippen molar-refractivity contribution in [1.29, 1.82) is 0 Å². The highest BCUT2D eigenvalue weighted by molar-refractivity contribution is 6.25. The maximum atomic E-state index is 12.3. The van der Waals surface area contributed by atoms with Crippen molar-refractivity contribution in [2.75, 3.05) is 13.1 Å². The largest absolute Gasteiger partial charge is 0.364 e. The summed E-state index contributed by atoms with van der Waals surface area (Å²) in [5, 5.41) is 0. The first-order valence-corrected chi connectivity index (χ1v) is 5.61. The van der Waals surface area contributed by atoms with Crippen LogP contribution in [0.3, 0.4) is 0 Å². The van der Waals surface area contributed by atoms with Gasteiger partial charge in [0.25, 0.3) is 0 Å². The summed E-state index contributed by atoms with van der Waals surface area (Å²) in [4.78, 5) is 30.7. The molecule has 0 amide bonds. The van der Waals surface area contributed by atoms with Gasteiger partial charge in [0.1, 0.15) is 17.2 Å². The molecule has 3 rings (SSSR count). The van der Waals surface area contributed by atoms with Crippen molar-refractivity contribution in [2.45, 2.75) is 13.8 Å². The van der Waals surface area contributed by atoms with Crippen molar-refractivity contribution in [3.63, 3.8) is 0 Å². The van der Waals surface area contributed by atoms with E-state index in [0.29, 0.717) is 28.5 Å². The summed E-state index contributed by atoms with van der Waals surface area (Å²) in [7, 11) is 1.77. The Kier molecular flexibility index (Phi) is 1.85. The minimum atomic E-state index is -0.113. The number of carbonyl (C=O) groups excluding carboxylic acids is 2. The van der Waals surface area contributed by atoms with Crippen LogP contribution in [-0.2, 0) is 7.05 Å². The molecule has 0 unspecified atom stereocenters. The number of hydrogen-bond acceptors (Lipinski definition) is 4. The molecule has 0 spiro atoms. The molecule has 0 bridgehead atoms. The van der Waals surface area contributed by atoms with Crippen LogP contribution in [0.5, 0.6) is 0 Å². The van der Waals surface area contributed by atoms with Crippen molar-refractivity contribution in [3.8, 4) is 0 Å².